The minimum absolute atomic E-state index is 0.0573. The lowest BCUT2D eigenvalue weighted by atomic mass is 10.4. The van der Waals surface area contributed by atoms with Gasteiger partial charge in [0.2, 0.25) is 0 Å². The number of rotatable bonds is 2. The monoisotopic (exact) mass is 520 g/mol. The molecule has 0 unspecified atom stereocenters. The first-order chi connectivity index (χ1) is 10.2. The molecule has 0 aliphatic heterocycles. The van der Waals surface area contributed by atoms with Gasteiger partial charge >= 0.3 is 11.4 Å². The van der Waals surface area contributed by atoms with Crippen LogP contribution >= 0.6 is 61.7 Å². The first-order valence-electron chi connectivity index (χ1n) is 5.13. The smallest absolute Gasteiger partial charge is 0.258 e. The van der Waals surface area contributed by atoms with Crippen LogP contribution in [0.15, 0.2) is 29.1 Å². The van der Waals surface area contributed by atoms with Gasteiger partial charge in [0.15, 0.2) is 8.30 Å². The third-order valence-electron chi connectivity index (χ3n) is 1.97. The second kappa shape index (κ2) is 8.50. The van der Waals surface area contributed by atoms with Crippen molar-refractivity contribution in [3.63, 3.8) is 0 Å². The van der Waals surface area contributed by atoms with E-state index in [1.54, 1.807) is 22.6 Å². The maximum absolute atomic E-state index is 10.3. The zero-order chi connectivity index (χ0) is 16.9. The van der Waals surface area contributed by atoms with E-state index in [1.165, 1.54) is 24.5 Å². The van der Waals surface area contributed by atoms with E-state index >= 15 is 0 Å². The average Bonchev–Trinajstić information content (AvgIpc) is 2.44. The molecule has 0 radical (unpaired) electrons. The Morgan fingerprint density at radius 3 is 1.86 bits per heavy atom. The van der Waals surface area contributed by atoms with E-state index in [1.807, 2.05) is 0 Å². The van der Waals surface area contributed by atoms with Crippen molar-refractivity contribution >= 4 is 73.1 Å². The van der Waals surface area contributed by atoms with Crippen molar-refractivity contribution in [3.8, 4) is 0 Å². The Morgan fingerprint density at radius 2 is 1.45 bits per heavy atom. The van der Waals surface area contributed by atoms with Crippen LogP contribution in [-0.4, -0.2) is 19.8 Å². The van der Waals surface area contributed by atoms with Gasteiger partial charge in [0.25, 0.3) is 0 Å². The molecule has 0 N–H and O–H groups in total. The summed E-state index contributed by atoms with van der Waals surface area (Å²) in [7, 11) is 0. The molecule has 0 amide bonds. The fourth-order valence-electron chi connectivity index (χ4n) is 1.08. The molecule has 0 aromatic carbocycles. The van der Waals surface area contributed by atoms with E-state index in [9.17, 15) is 20.2 Å². The van der Waals surface area contributed by atoms with Crippen LogP contribution in [-0.2, 0) is 0 Å². The molecule has 0 saturated carbocycles. The van der Waals surface area contributed by atoms with Crippen LogP contribution in [0.25, 0.3) is 0 Å². The molecule has 22 heavy (non-hydrogen) atoms. The Balaban J connectivity index is 0.000000220. The highest BCUT2D eigenvalue weighted by molar-refractivity contribution is 14.1. The molecule has 0 aliphatic carbocycles. The first-order valence-corrected chi connectivity index (χ1v) is 7.76. The van der Waals surface area contributed by atoms with Crippen LogP contribution < -0.4 is 0 Å². The molecular formula is C10H4BrCl2IN4O4. The van der Waals surface area contributed by atoms with Gasteiger partial charge in [-0.05, 0) is 38.5 Å². The van der Waals surface area contributed by atoms with Crippen molar-refractivity contribution < 1.29 is 9.85 Å². The summed E-state index contributed by atoms with van der Waals surface area (Å²) in [6.45, 7) is 0. The van der Waals surface area contributed by atoms with Crippen molar-refractivity contribution in [2.45, 2.75) is 0 Å². The molecule has 2 heterocycles. The summed E-state index contributed by atoms with van der Waals surface area (Å²) in [6.07, 6.45) is 2.70. The van der Waals surface area contributed by atoms with E-state index in [-0.39, 0.29) is 26.0 Å². The molecule has 0 bridgehead atoms. The highest BCUT2D eigenvalue weighted by atomic mass is 127. The zero-order valence-electron chi connectivity index (χ0n) is 10.2. The Labute approximate surface area is 155 Å². The third-order valence-corrected chi connectivity index (χ3v) is 3.82. The highest BCUT2D eigenvalue weighted by Crippen LogP contribution is 2.24. The highest BCUT2D eigenvalue weighted by Gasteiger charge is 2.13. The normalized spacial score (nSPS) is 9.64. The summed E-state index contributed by atoms with van der Waals surface area (Å²) in [5.74, 6) is 0. The van der Waals surface area contributed by atoms with E-state index in [2.05, 4.69) is 25.9 Å². The molecule has 0 spiro atoms. The van der Waals surface area contributed by atoms with E-state index in [4.69, 9.17) is 23.2 Å². The van der Waals surface area contributed by atoms with Crippen molar-refractivity contribution in [2.24, 2.45) is 0 Å². The lowest BCUT2D eigenvalue weighted by molar-refractivity contribution is -0.386. The van der Waals surface area contributed by atoms with Gasteiger partial charge < -0.3 is 0 Å². The summed E-state index contributed by atoms with van der Waals surface area (Å²) in [4.78, 5) is 26.8. The molecule has 0 aliphatic rings. The minimum Gasteiger partial charge on any atom is -0.258 e. The molecule has 0 saturated heterocycles. The summed E-state index contributed by atoms with van der Waals surface area (Å²) in [6, 6.07) is 2.51. The van der Waals surface area contributed by atoms with Gasteiger partial charge in [0.05, 0.1) is 19.9 Å². The van der Waals surface area contributed by atoms with Crippen molar-refractivity contribution in [3.05, 3.63) is 63.1 Å². The number of hydrogen-bond acceptors (Lipinski definition) is 6. The van der Waals surface area contributed by atoms with Gasteiger partial charge in [0.1, 0.15) is 0 Å². The molecular weight excluding hydrogens is 518 g/mol. The number of pyridine rings is 2. The maximum atomic E-state index is 10.3. The molecule has 12 heteroatoms. The second-order valence-corrected chi connectivity index (χ2v) is 6.09. The van der Waals surface area contributed by atoms with Crippen molar-refractivity contribution in [2.75, 3.05) is 0 Å². The molecule has 0 fully saturated rings. The van der Waals surface area contributed by atoms with Gasteiger partial charge in [0, 0.05) is 24.5 Å². The first kappa shape index (κ1) is 18.9. The van der Waals surface area contributed by atoms with Crippen molar-refractivity contribution in [1.29, 1.82) is 0 Å². The Kier molecular flexibility index (Phi) is 7.32. The summed E-state index contributed by atoms with van der Waals surface area (Å²) < 4.78 is 0.531. The minimum atomic E-state index is -0.553. The fraction of sp³-hybridized carbons (Fsp3) is 0. The van der Waals surface area contributed by atoms with Gasteiger partial charge in [-0.25, -0.2) is 9.97 Å². The maximum Gasteiger partial charge on any atom is 0.303 e. The largest absolute Gasteiger partial charge is 0.303 e. The quantitative estimate of drug-likeness (QED) is 0.246. The number of hydrogen-bond donors (Lipinski definition) is 0. The molecule has 8 nitrogen and oxygen atoms in total. The fourth-order valence-corrected chi connectivity index (χ4v) is 2.24. The van der Waals surface area contributed by atoms with Crippen LogP contribution in [0.4, 0.5) is 11.4 Å². The van der Waals surface area contributed by atoms with Crippen LogP contribution in [0.5, 0.6) is 0 Å². The summed E-state index contributed by atoms with van der Waals surface area (Å²) in [5.41, 5.74) is -0.185. The van der Waals surface area contributed by atoms with Gasteiger partial charge in [-0.2, -0.15) is 0 Å². The number of nitro groups is 2. The second-order valence-electron chi connectivity index (χ2n) is 3.44. The van der Waals surface area contributed by atoms with Crippen LogP contribution in [0.1, 0.15) is 0 Å². The Bertz CT molecular complexity index is 673. The average molecular weight is 522 g/mol. The summed E-state index contributed by atoms with van der Waals surface area (Å²) in [5, 5.41) is 21.1. The SMILES string of the molecule is O=[N+]([O-])c1cc(Cl)cnc1Br.O=[N+]([O-])c1cc(Cl)cnc1I. The zero-order valence-corrected chi connectivity index (χ0v) is 15.5. The molecule has 2 aromatic heterocycles. The van der Waals surface area contributed by atoms with Crippen LogP contribution in [0.2, 0.25) is 10.0 Å². The number of aromatic nitrogens is 2. The van der Waals surface area contributed by atoms with Gasteiger partial charge in [-0.3, -0.25) is 20.2 Å². The van der Waals surface area contributed by atoms with E-state index < -0.39 is 9.85 Å². The van der Waals surface area contributed by atoms with Gasteiger partial charge in [-0.15, -0.1) is 0 Å². The van der Waals surface area contributed by atoms with Crippen molar-refractivity contribution in [1.82, 2.24) is 9.97 Å². The number of halogens is 4. The van der Waals surface area contributed by atoms with Crippen LogP contribution in [0.3, 0.4) is 0 Å². The summed E-state index contributed by atoms with van der Waals surface area (Å²) >= 11 is 15.7. The lowest BCUT2D eigenvalue weighted by Crippen LogP contribution is -1.93. The Hall–Kier alpha value is -1.11. The van der Waals surface area contributed by atoms with Gasteiger partial charge in [-0.1, -0.05) is 23.2 Å². The molecule has 2 rings (SSSR count). The third kappa shape index (κ3) is 5.59. The molecule has 116 valence electrons. The molecule has 0 atom stereocenters. The predicted molar refractivity (Wildman–Crippen MR) is 92.2 cm³/mol. The van der Waals surface area contributed by atoms with E-state index in [0.717, 1.165) is 0 Å². The van der Waals surface area contributed by atoms with Crippen LogP contribution in [0, 0.1) is 23.9 Å². The Morgan fingerprint density at radius 1 is 1.00 bits per heavy atom. The van der Waals surface area contributed by atoms with E-state index in [0.29, 0.717) is 3.70 Å². The lowest BCUT2D eigenvalue weighted by Gasteiger charge is -1.93. The number of nitrogens with zero attached hydrogens (tertiary/aromatic N) is 4. The topological polar surface area (TPSA) is 112 Å². The molecule has 2 aromatic rings. The standard InChI is InChI=1S/C5H2BrClN2O2.C5H2ClIN2O2/c6-5-4(9(10)11)1-3(7)2-8-5;6-3-1-4(9(10)11)5(7)8-2-3/h2*1-2H. The predicted octanol–water partition coefficient (Wildman–Crippen LogP) is 4.65.